The summed E-state index contributed by atoms with van der Waals surface area (Å²) in [5.74, 6) is -1.28. The Hall–Kier alpha value is -3.35. The summed E-state index contributed by atoms with van der Waals surface area (Å²) in [6, 6.07) is 7.73. The minimum absolute atomic E-state index is 0.108. The third-order valence-corrected chi connectivity index (χ3v) is 6.96. The first-order valence-corrected chi connectivity index (χ1v) is 11.2. The van der Waals surface area contributed by atoms with Crippen LogP contribution in [0.5, 0.6) is 0 Å². The number of aromatic nitrogens is 3. The number of pyridine rings is 1. The van der Waals surface area contributed by atoms with Crippen LogP contribution in [0, 0.1) is 6.92 Å². The van der Waals surface area contributed by atoms with E-state index in [1.165, 1.54) is 29.0 Å². The maximum Gasteiger partial charge on any atom is 0.340 e. The quantitative estimate of drug-likeness (QED) is 0.537. The van der Waals surface area contributed by atoms with Gasteiger partial charge in [0.1, 0.15) is 6.33 Å². The number of ether oxygens (including phenoxy) is 2. The number of nitrogens with zero attached hydrogens (tertiary/aromatic N) is 4. The molecule has 12 heteroatoms. The van der Waals surface area contributed by atoms with Gasteiger partial charge in [-0.1, -0.05) is 6.07 Å². The van der Waals surface area contributed by atoms with Crippen molar-refractivity contribution >= 4 is 33.2 Å². The first-order valence-electron chi connectivity index (χ1n) is 9.79. The molecule has 0 aliphatic carbocycles. The number of aryl methyl sites for hydroxylation is 1. The van der Waals surface area contributed by atoms with E-state index in [0.717, 1.165) is 0 Å². The Morgan fingerprint density at radius 3 is 2.75 bits per heavy atom. The van der Waals surface area contributed by atoms with Crippen LogP contribution in [0.1, 0.15) is 15.9 Å². The molecule has 0 spiro atoms. The number of rotatable bonds is 6. The second kappa shape index (κ2) is 9.02. The van der Waals surface area contributed by atoms with E-state index >= 15 is 0 Å². The number of sulfonamides is 1. The van der Waals surface area contributed by atoms with Crippen molar-refractivity contribution in [1.29, 1.82) is 0 Å². The summed E-state index contributed by atoms with van der Waals surface area (Å²) in [5, 5.41) is 10.1. The highest BCUT2D eigenvalue weighted by Gasteiger charge is 2.28. The number of morpholine rings is 1. The largest absolute Gasteiger partial charge is 0.452 e. The molecule has 0 radical (unpaired) electrons. The van der Waals surface area contributed by atoms with Crippen LogP contribution in [0.3, 0.4) is 0 Å². The van der Waals surface area contributed by atoms with Crippen LogP contribution in [0.25, 0.3) is 5.65 Å². The third-order valence-electron chi connectivity index (χ3n) is 4.92. The average Bonchev–Trinajstić information content (AvgIpc) is 3.27. The Morgan fingerprint density at radius 1 is 1.19 bits per heavy atom. The lowest BCUT2D eigenvalue weighted by molar-refractivity contribution is -0.119. The predicted molar refractivity (Wildman–Crippen MR) is 113 cm³/mol. The maximum atomic E-state index is 13.0. The molecule has 11 nitrogen and oxygen atoms in total. The third kappa shape index (κ3) is 4.61. The van der Waals surface area contributed by atoms with Gasteiger partial charge in [0, 0.05) is 25.0 Å². The Labute approximate surface area is 184 Å². The van der Waals surface area contributed by atoms with Crippen LogP contribution in [-0.2, 0) is 24.3 Å². The number of anilines is 1. The van der Waals surface area contributed by atoms with Gasteiger partial charge in [0.2, 0.25) is 10.0 Å². The molecule has 4 rings (SSSR count). The van der Waals surface area contributed by atoms with Crippen LogP contribution in [0.15, 0.2) is 47.8 Å². The van der Waals surface area contributed by atoms with Crippen LogP contribution in [0.2, 0.25) is 0 Å². The van der Waals surface area contributed by atoms with Gasteiger partial charge in [0.25, 0.3) is 5.91 Å². The molecule has 168 valence electrons. The lowest BCUT2D eigenvalue weighted by Gasteiger charge is -2.26. The summed E-state index contributed by atoms with van der Waals surface area (Å²) < 4.78 is 39.1. The van der Waals surface area contributed by atoms with Gasteiger partial charge >= 0.3 is 5.97 Å². The Bertz CT molecular complexity index is 1270. The fourth-order valence-electron chi connectivity index (χ4n) is 3.24. The van der Waals surface area contributed by atoms with Crippen LogP contribution in [0.4, 0.5) is 5.69 Å². The zero-order valence-corrected chi connectivity index (χ0v) is 18.0. The molecule has 0 unspecified atom stereocenters. The molecule has 0 saturated carbocycles. The van der Waals surface area contributed by atoms with E-state index in [0.29, 0.717) is 24.4 Å². The molecule has 1 aromatic carbocycles. The number of fused-ring (bicyclic) bond motifs is 1. The predicted octanol–water partition coefficient (Wildman–Crippen LogP) is 0.854. The number of hydrogen-bond donors (Lipinski definition) is 1. The normalized spacial score (nSPS) is 14.9. The average molecular weight is 459 g/mol. The molecule has 32 heavy (non-hydrogen) atoms. The number of esters is 1. The molecule has 1 fully saturated rings. The zero-order chi connectivity index (χ0) is 22.7. The lowest BCUT2D eigenvalue weighted by atomic mass is 10.2. The smallest absolute Gasteiger partial charge is 0.340 e. The first kappa shape index (κ1) is 21.9. The Kier molecular flexibility index (Phi) is 6.17. The van der Waals surface area contributed by atoms with Gasteiger partial charge in [0.15, 0.2) is 12.3 Å². The number of carbonyl (C=O) groups is 2. The van der Waals surface area contributed by atoms with Crippen molar-refractivity contribution in [2.45, 2.75) is 11.8 Å². The standard InChI is InChI=1S/C20H21N5O6S/c1-14-2-4-16(10-17(14)32(28,29)25-6-8-30-9-7-25)22-19(26)12-31-20(27)15-3-5-18-23-21-13-24(18)11-15/h2-5,10-11,13H,6-9,12H2,1H3,(H,22,26). The molecular formula is C20H21N5O6S. The molecule has 2 aromatic heterocycles. The molecule has 3 aromatic rings. The highest BCUT2D eigenvalue weighted by Crippen LogP contribution is 2.24. The minimum Gasteiger partial charge on any atom is -0.452 e. The van der Waals surface area contributed by atoms with Crippen molar-refractivity contribution in [3.63, 3.8) is 0 Å². The fraction of sp³-hybridized carbons (Fsp3) is 0.300. The molecule has 0 bridgehead atoms. The number of nitrogens with one attached hydrogen (secondary N) is 1. The van der Waals surface area contributed by atoms with Gasteiger partial charge < -0.3 is 14.8 Å². The minimum atomic E-state index is -3.72. The summed E-state index contributed by atoms with van der Waals surface area (Å²) >= 11 is 0. The van der Waals surface area contributed by atoms with E-state index in [1.54, 1.807) is 29.5 Å². The summed E-state index contributed by atoms with van der Waals surface area (Å²) in [5.41, 5.74) is 1.65. The number of amides is 1. The maximum absolute atomic E-state index is 13.0. The molecule has 1 saturated heterocycles. The second-order valence-electron chi connectivity index (χ2n) is 7.14. The van der Waals surface area contributed by atoms with E-state index in [9.17, 15) is 18.0 Å². The number of carbonyl (C=O) groups excluding carboxylic acids is 2. The van der Waals surface area contributed by atoms with E-state index in [4.69, 9.17) is 9.47 Å². The summed E-state index contributed by atoms with van der Waals surface area (Å²) in [7, 11) is -3.72. The van der Waals surface area contributed by atoms with E-state index < -0.39 is 28.5 Å². The zero-order valence-electron chi connectivity index (χ0n) is 17.2. The summed E-state index contributed by atoms with van der Waals surface area (Å²) in [6.45, 7) is 2.38. The Morgan fingerprint density at radius 2 is 1.97 bits per heavy atom. The lowest BCUT2D eigenvalue weighted by Crippen LogP contribution is -2.40. The van der Waals surface area contributed by atoms with E-state index in [1.807, 2.05) is 0 Å². The monoisotopic (exact) mass is 459 g/mol. The summed E-state index contributed by atoms with van der Waals surface area (Å²) in [4.78, 5) is 24.6. The SMILES string of the molecule is Cc1ccc(NC(=O)COC(=O)c2ccc3nncn3c2)cc1S(=O)(=O)N1CCOCC1. The van der Waals surface area contributed by atoms with Crippen molar-refractivity contribution in [2.75, 3.05) is 38.2 Å². The van der Waals surface area contributed by atoms with E-state index in [2.05, 4.69) is 15.5 Å². The van der Waals surface area contributed by atoms with Gasteiger partial charge in [-0.25, -0.2) is 13.2 Å². The van der Waals surface area contributed by atoms with Gasteiger partial charge in [-0.2, -0.15) is 4.31 Å². The van der Waals surface area contributed by atoms with Gasteiger partial charge in [0.05, 0.1) is 23.7 Å². The van der Waals surface area contributed by atoms with Crippen LogP contribution >= 0.6 is 0 Å². The summed E-state index contributed by atoms with van der Waals surface area (Å²) in [6.07, 6.45) is 2.94. The van der Waals surface area contributed by atoms with E-state index in [-0.39, 0.29) is 29.2 Å². The van der Waals surface area contributed by atoms with Crippen LogP contribution < -0.4 is 5.32 Å². The van der Waals surface area contributed by atoms with Crippen LogP contribution in [-0.4, -0.2) is 72.1 Å². The molecule has 3 heterocycles. The van der Waals surface area contributed by atoms with Crippen molar-refractivity contribution in [3.05, 3.63) is 54.0 Å². The molecule has 1 amide bonds. The number of hydrogen-bond acceptors (Lipinski definition) is 8. The molecule has 1 aliphatic rings. The molecule has 1 aliphatic heterocycles. The molecular weight excluding hydrogens is 438 g/mol. The molecule has 0 atom stereocenters. The van der Waals surface area contributed by atoms with Gasteiger partial charge in [-0.3, -0.25) is 9.20 Å². The van der Waals surface area contributed by atoms with Gasteiger partial charge in [-0.05, 0) is 36.8 Å². The second-order valence-corrected chi connectivity index (χ2v) is 9.04. The van der Waals surface area contributed by atoms with Gasteiger partial charge in [-0.15, -0.1) is 10.2 Å². The van der Waals surface area contributed by atoms with Crippen molar-refractivity contribution in [1.82, 2.24) is 18.9 Å². The Balaban J connectivity index is 1.40. The van der Waals surface area contributed by atoms with Crippen molar-refractivity contribution in [3.8, 4) is 0 Å². The van der Waals surface area contributed by atoms with Crippen molar-refractivity contribution in [2.24, 2.45) is 0 Å². The topological polar surface area (TPSA) is 132 Å². The van der Waals surface area contributed by atoms with Crippen molar-refractivity contribution < 1.29 is 27.5 Å². The highest BCUT2D eigenvalue weighted by molar-refractivity contribution is 7.89. The highest BCUT2D eigenvalue weighted by atomic mass is 32.2. The molecule has 1 N–H and O–H groups in total. The fourth-order valence-corrected chi connectivity index (χ4v) is 4.90. The first-order chi connectivity index (χ1) is 15.3. The number of benzene rings is 1.